The first-order chi connectivity index (χ1) is 7.51. The monoisotopic (exact) mass is 227 g/mol. The zero-order valence-electron chi connectivity index (χ0n) is 10.5. The van der Waals surface area contributed by atoms with Crippen LogP contribution < -0.4 is 5.32 Å². The molecule has 2 unspecified atom stereocenters. The van der Waals surface area contributed by atoms with Crippen LogP contribution in [0.1, 0.15) is 47.0 Å². The Kier molecular flexibility index (Phi) is 3.94. The van der Waals surface area contributed by atoms with Crippen molar-refractivity contribution in [1.29, 1.82) is 0 Å². The molecule has 1 amide bonds. The van der Waals surface area contributed by atoms with Gasteiger partial charge in [0, 0.05) is 0 Å². The Hall–Kier alpha value is -1.06. The highest BCUT2D eigenvalue weighted by atomic mass is 16.6. The van der Waals surface area contributed by atoms with Crippen LogP contribution in [0.5, 0.6) is 0 Å². The molecule has 1 rings (SSSR count). The second kappa shape index (κ2) is 4.85. The average molecular weight is 227 g/mol. The molecule has 92 valence electrons. The van der Waals surface area contributed by atoms with E-state index in [4.69, 9.17) is 4.74 Å². The lowest BCUT2D eigenvalue weighted by molar-refractivity contribution is -0.187. The summed E-state index contributed by atoms with van der Waals surface area (Å²) >= 11 is 0. The predicted octanol–water partition coefficient (Wildman–Crippen LogP) is 1.84. The SMILES string of the molecule is CCC(C)C(=O)OC1NC(=O)C1(CC)CC. The third kappa shape index (κ3) is 1.93. The molecule has 4 heteroatoms. The fourth-order valence-corrected chi connectivity index (χ4v) is 1.93. The van der Waals surface area contributed by atoms with Crippen molar-refractivity contribution >= 4 is 11.9 Å². The van der Waals surface area contributed by atoms with Crippen LogP contribution in [0, 0.1) is 11.3 Å². The van der Waals surface area contributed by atoms with Crippen molar-refractivity contribution in [3.8, 4) is 0 Å². The molecule has 1 heterocycles. The quantitative estimate of drug-likeness (QED) is 0.576. The van der Waals surface area contributed by atoms with Crippen LogP contribution in [0.3, 0.4) is 0 Å². The van der Waals surface area contributed by atoms with Gasteiger partial charge in [0.25, 0.3) is 0 Å². The number of hydrogen-bond donors (Lipinski definition) is 1. The number of rotatable bonds is 5. The summed E-state index contributed by atoms with van der Waals surface area (Å²) in [6.45, 7) is 7.68. The molecule has 4 nitrogen and oxygen atoms in total. The fraction of sp³-hybridized carbons (Fsp3) is 0.833. The summed E-state index contributed by atoms with van der Waals surface area (Å²) in [7, 11) is 0. The van der Waals surface area contributed by atoms with Gasteiger partial charge in [0.05, 0.1) is 5.92 Å². The van der Waals surface area contributed by atoms with E-state index in [0.29, 0.717) is 12.8 Å². The minimum absolute atomic E-state index is 0.000508. The van der Waals surface area contributed by atoms with Gasteiger partial charge in [0.15, 0.2) is 6.23 Å². The second-order valence-electron chi connectivity index (χ2n) is 4.46. The molecule has 1 saturated heterocycles. The molecule has 1 aliphatic heterocycles. The standard InChI is InChI=1S/C12H21NO3/c1-5-8(4)9(14)16-11-12(6-2,7-3)10(15)13-11/h8,11H,5-7H2,1-4H3,(H,13,15). The van der Waals surface area contributed by atoms with E-state index < -0.39 is 11.6 Å². The first-order valence-electron chi connectivity index (χ1n) is 6.03. The minimum Gasteiger partial charge on any atom is -0.440 e. The Morgan fingerprint density at radius 2 is 2.00 bits per heavy atom. The van der Waals surface area contributed by atoms with E-state index in [1.807, 2.05) is 27.7 Å². The molecule has 0 spiro atoms. The molecule has 16 heavy (non-hydrogen) atoms. The topological polar surface area (TPSA) is 55.4 Å². The highest BCUT2D eigenvalue weighted by Crippen LogP contribution is 2.39. The number of hydrogen-bond acceptors (Lipinski definition) is 3. The predicted molar refractivity (Wildman–Crippen MR) is 60.5 cm³/mol. The van der Waals surface area contributed by atoms with Crippen LogP contribution in [-0.2, 0) is 14.3 Å². The third-order valence-electron chi connectivity index (χ3n) is 3.73. The molecule has 0 aliphatic carbocycles. The first kappa shape index (κ1) is 13.0. The second-order valence-corrected chi connectivity index (χ2v) is 4.46. The van der Waals surface area contributed by atoms with E-state index in [0.717, 1.165) is 6.42 Å². The summed E-state index contributed by atoms with van der Waals surface area (Å²) in [4.78, 5) is 23.2. The molecule has 0 saturated carbocycles. The summed E-state index contributed by atoms with van der Waals surface area (Å²) in [6.07, 6.45) is 1.73. The largest absolute Gasteiger partial charge is 0.440 e. The van der Waals surface area contributed by atoms with Crippen LogP contribution in [0.15, 0.2) is 0 Å². The normalized spacial score (nSPS) is 24.2. The molecule has 0 bridgehead atoms. The summed E-state index contributed by atoms with van der Waals surface area (Å²) < 4.78 is 5.34. The molecule has 1 fully saturated rings. The summed E-state index contributed by atoms with van der Waals surface area (Å²) in [5.41, 5.74) is -0.497. The lowest BCUT2D eigenvalue weighted by Crippen LogP contribution is -2.68. The minimum atomic E-state index is -0.497. The first-order valence-corrected chi connectivity index (χ1v) is 6.03. The number of β-lactam (4-membered cyclic amide) rings is 1. The van der Waals surface area contributed by atoms with Gasteiger partial charge >= 0.3 is 5.97 Å². The zero-order valence-corrected chi connectivity index (χ0v) is 10.5. The van der Waals surface area contributed by atoms with Crippen molar-refractivity contribution in [2.75, 3.05) is 0 Å². The Balaban J connectivity index is 2.63. The molecule has 0 radical (unpaired) electrons. The van der Waals surface area contributed by atoms with E-state index in [9.17, 15) is 9.59 Å². The van der Waals surface area contributed by atoms with Gasteiger partial charge in [0.2, 0.25) is 5.91 Å². The van der Waals surface area contributed by atoms with Gasteiger partial charge in [-0.05, 0) is 19.3 Å². The maximum Gasteiger partial charge on any atom is 0.310 e. The maximum atomic E-state index is 11.6. The Morgan fingerprint density at radius 3 is 2.38 bits per heavy atom. The van der Waals surface area contributed by atoms with Gasteiger partial charge in [-0.25, -0.2) is 0 Å². The molecular weight excluding hydrogens is 206 g/mol. The lowest BCUT2D eigenvalue weighted by atomic mass is 9.73. The molecule has 0 aromatic carbocycles. The molecular formula is C12H21NO3. The molecule has 1 aliphatic rings. The number of carbonyl (C=O) groups is 2. The van der Waals surface area contributed by atoms with Gasteiger partial charge in [-0.15, -0.1) is 0 Å². The number of amides is 1. The summed E-state index contributed by atoms with van der Waals surface area (Å²) in [6, 6.07) is 0. The number of ether oxygens (including phenoxy) is 1. The zero-order chi connectivity index (χ0) is 12.3. The average Bonchev–Trinajstić information content (AvgIpc) is 2.29. The van der Waals surface area contributed by atoms with E-state index >= 15 is 0 Å². The molecule has 1 N–H and O–H groups in total. The Morgan fingerprint density at radius 1 is 1.44 bits per heavy atom. The maximum absolute atomic E-state index is 11.6. The molecule has 2 atom stereocenters. The van der Waals surface area contributed by atoms with Gasteiger partial charge in [0.1, 0.15) is 5.41 Å². The van der Waals surface area contributed by atoms with Crippen molar-refractivity contribution in [2.24, 2.45) is 11.3 Å². The fourth-order valence-electron chi connectivity index (χ4n) is 1.93. The molecule has 0 aromatic rings. The van der Waals surface area contributed by atoms with Crippen molar-refractivity contribution in [1.82, 2.24) is 5.32 Å². The third-order valence-corrected chi connectivity index (χ3v) is 3.73. The summed E-state index contributed by atoms with van der Waals surface area (Å²) in [5, 5.41) is 2.66. The van der Waals surface area contributed by atoms with E-state index in [2.05, 4.69) is 5.32 Å². The number of nitrogens with one attached hydrogen (secondary N) is 1. The Labute approximate surface area is 96.7 Å². The van der Waals surface area contributed by atoms with Crippen LogP contribution >= 0.6 is 0 Å². The number of esters is 1. The van der Waals surface area contributed by atoms with Crippen molar-refractivity contribution < 1.29 is 14.3 Å². The van der Waals surface area contributed by atoms with E-state index in [-0.39, 0.29) is 17.8 Å². The lowest BCUT2D eigenvalue weighted by Gasteiger charge is -2.46. The smallest absolute Gasteiger partial charge is 0.310 e. The van der Waals surface area contributed by atoms with Gasteiger partial charge in [-0.3, -0.25) is 9.59 Å². The van der Waals surface area contributed by atoms with Crippen LogP contribution in [0.2, 0.25) is 0 Å². The van der Waals surface area contributed by atoms with Crippen molar-refractivity contribution in [3.63, 3.8) is 0 Å². The highest BCUT2D eigenvalue weighted by molar-refractivity contribution is 5.90. The van der Waals surface area contributed by atoms with Crippen molar-refractivity contribution in [2.45, 2.75) is 53.2 Å². The van der Waals surface area contributed by atoms with Gasteiger partial charge in [-0.2, -0.15) is 0 Å². The van der Waals surface area contributed by atoms with Gasteiger partial charge < -0.3 is 10.1 Å². The van der Waals surface area contributed by atoms with E-state index in [1.54, 1.807) is 0 Å². The number of carbonyl (C=O) groups excluding carboxylic acids is 2. The van der Waals surface area contributed by atoms with Crippen LogP contribution in [0.25, 0.3) is 0 Å². The Bertz CT molecular complexity index is 284. The van der Waals surface area contributed by atoms with Crippen molar-refractivity contribution in [3.05, 3.63) is 0 Å². The van der Waals surface area contributed by atoms with E-state index in [1.165, 1.54) is 0 Å². The molecule has 0 aromatic heterocycles. The van der Waals surface area contributed by atoms with Gasteiger partial charge in [-0.1, -0.05) is 27.7 Å². The summed E-state index contributed by atoms with van der Waals surface area (Å²) in [5.74, 6) is -0.331. The van der Waals surface area contributed by atoms with Crippen LogP contribution in [-0.4, -0.2) is 18.1 Å². The highest BCUT2D eigenvalue weighted by Gasteiger charge is 2.55. The van der Waals surface area contributed by atoms with Crippen LogP contribution in [0.4, 0.5) is 0 Å².